The lowest BCUT2D eigenvalue weighted by Crippen LogP contribution is -2.41. The van der Waals surface area contributed by atoms with Gasteiger partial charge in [0.1, 0.15) is 5.75 Å². The molecule has 0 saturated carbocycles. The summed E-state index contributed by atoms with van der Waals surface area (Å²) >= 11 is 0. The van der Waals surface area contributed by atoms with Crippen LogP contribution in [-0.4, -0.2) is 20.9 Å². The minimum atomic E-state index is -4.61. The summed E-state index contributed by atoms with van der Waals surface area (Å²) in [6, 6.07) is 9.03. The van der Waals surface area contributed by atoms with Crippen molar-refractivity contribution in [1.82, 2.24) is 10.3 Å². The summed E-state index contributed by atoms with van der Waals surface area (Å²) in [6.45, 7) is 2.19. The van der Waals surface area contributed by atoms with Gasteiger partial charge in [-0.2, -0.15) is 13.2 Å². The zero-order valence-corrected chi connectivity index (χ0v) is 14.3. The maximum atomic E-state index is 12.7. The molecule has 0 atom stereocenters. The van der Waals surface area contributed by atoms with E-state index in [1.165, 1.54) is 24.3 Å². The fraction of sp³-hybridized carbons (Fsp3) is 0.188. The number of hydrogen-bond donors (Lipinski definition) is 2. The highest BCUT2D eigenvalue weighted by atomic mass is 32.2. The fourth-order valence-corrected chi connectivity index (χ4v) is 2.80. The number of hydrogen-bond acceptors (Lipinski definition) is 4. The van der Waals surface area contributed by atoms with Crippen LogP contribution < -0.4 is 15.0 Å². The Morgan fingerprint density at radius 2 is 1.77 bits per heavy atom. The number of amides is 1. The minimum absolute atomic E-state index is 0.148. The topological polar surface area (TPSA) is 84.5 Å². The lowest BCUT2D eigenvalue weighted by atomic mass is 10.1. The highest BCUT2D eigenvalue weighted by Gasteiger charge is 2.31. The number of sulfonamides is 1. The van der Waals surface area contributed by atoms with Crippen LogP contribution in [-0.2, 0) is 16.2 Å². The molecule has 1 amide bonds. The molecule has 26 heavy (non-hydrogen) atoms. The van der Waals surface area contributed by atoms with E-state index in [9.17, 15) is 26.4 Å². The molecule has 0 aliphatic heterocycles. The summed E-state index contributed by atoms with van der Waals surface area (Å²) < 4.78 is 67.4. The van der Waals surface area contributed by atoms with Gasteiger partial charge in [0.15, 0.2) is 0 Å². The largest absolute Gasteiger partial charge is 0.494 e. The van der Waals surface area contributed by atoms with Crippen LogP contribution >= 0.6 is 0 Å². The van der Waals surface area contributed by atoms with Crippen LogP contribution in [0.3, 0.4) is 0 Å². The van der Waals surface area contributed by atoms with Gasteiger partial charge in [-0.25, -0.2) is 8.42 Å². The van der Waals surface area contributed by atoms with Crippen molar-refractivity contribution in [3.05, 3.63) is 59.7 Å². The molecule has 6 nitrogen and oxygen atoms in total. The number of carbonyl (C=O) groups excluding carboxylic acids is 1. The van der Waals surface area contributed by atoms with Crippen LogP contribution in [0.5, 0.6) is 5.75 Å². The first-order valence-corrected chi connectivity index (χ1v) is 8.84. The van der Waals surface area contributed by atoms with E-state index in [0.29, 0.717) is 18.4 Å². The Morgan fingerprint density at radius 1 is 1.12 bits per heavy atom. The van der Waals surface area contributed by atoms with Gasteiger partial charge in [-0.3, -0.25) is 10.2 Å². The molecular formula is C16H15F3N2O4S. The molecule has 2 aromatic rings. The summed E-state index contributed by atoms with van der Waals surface area (Å²) in [7, 11) is -4.09. The molecule has 10 heteroatoms. The molecule has 0 spiro atoms. The molecule has 2 rings (SSSR count). The third kappa shape index (κ3) is 4.96. The Balaban J connectivity index is 2.08. The van der Waals surface area contributed by atoms with Crippen LogP contribution in [0.25, 0.3) is 0 Å². The Hall–Kier alpha value is -2.59. The quantitative estimate of drug-likeness (QED) is 0.746. The zero-order chi connectivity index (χ0) is 19.4. The van der Waals surface area contributed by atoms with Gasteiger partial charge in [0.2, 0.25) is 0 Å². The van der Waals surface area contributed by atoms with Gasteiger partial charge in [0.25, 0.3) is 15.9 Å². The maximum absolute atomic E-state index is 12.7. The van der Waals surface area contributed by atoms with E-state index in [2.05, 4.69) is 0 Å². The van der Waals surface area contributed by atoms with Gasteiger partial charge in [-0.05, 0) is 49.4 Å². The molecular weight excluding hydrogens is 373 g/mol. The van der Waals surface area contributed by atoms with E-state index in [1.807, 2.05) is 10.3 Å². The first kappa shape index (κ1) is 19.7. The number of halogens is 3. The van der Waals surface area contributed by atoms with E-state index in [4.69, 9.17) is 4.74 Å². The number of benzene rings is 2. The maximum Gasteiger partial charge on any atom is 0.416 e. The number of ether oxygens (including phenoxy) is 1. The van der Waals surface area contributed by atoms with Crippen molar-refractivity contribution in [2.45, 2.75) is 18.0 Å². The van der Waals surface area contributed by atoms with Crippen LogP contribution in [0.15, 0.2) is 53.4 Å². The predicted octanol–water partition coefficient (Wildman–Crippen LogP) is 2.73. The van der Waals surface area contributed by atoms with E-state index >= 15 is 0 Å². The minimum Gasteiger partial charge on any atom is -0.494 e. The Morgan fingerprint density at radius 3 is 2.35 bits per heavy atom. The molecule has 0 aromatic heterocycles. The second-order valence-electron chi connectivity index (χ2n) is 5.04. The second-order valence-corrected chi connectivity index (χ2v) is 6.73. The number of alkyl halides is 3. The second kappa shape index (κ2) is 7.75. The van der Waals surface area contributed by atoms with Crippen molar-refractivity contribution in [2.75, 3.05) is 6.61 Å². The first-order valence-electron chi connectivity index (χ1n) is 7.36. The number of nitrogens with one attached hydrogen (secondary N) is 2. The van der Waals surface area contributed by atoms with Gasteiger partial charge in [-0.15, -0.1) is 4.83 Å². The Labute approximate surface area is 148 Å². The van der Waals surface area contributed by atoms with Gasteiger partial charge >= 0.3 is 6.18 Å². The molecule has 0 radical (unpaired) electrons. The highest BCUT2D eigenvalue weighted by Crippen LogP contribution is 2.29. The van der Waals surface area contributed by atoms with Crippen molar-refractivity contribution in [1.29, 1.82) is 0 Å². The molecule has 0 bridgehead atoms. The smallest absolute Gasteiger partial charge is 0.416 e. The summed E-state index contributed by atoms with van der Waals surface area (Å²) in [6.07, 6.45) is -4.61. The van der Waals surface area contributed by atoms with Gasteiger partial charge in [0, 0.05) is 5.56 Å². The molecule has 0 aliphatic carbocycles. The van der Waals surface area contributed by atoms with E-state index < -0.39 is 27.7 Å². The van der Waals surface area contributed by atoms with E-state index in [1.54, 1.807) is 6.92 Å². The lowest BCUT2D eigenvalue weighted by Gasteiger charge is -2.11. The monoisotopic (exact) mass is 388 g/mol. The van der Waals surface area contributed by atoms with Crippen molar-refractivity contribution < 1.29 is 31.1 Å². The average molecular weight is 388 g/mol. The third-order valence-corrected chi connectivity index (χ3v) is 4.46. The predicted molar refractivity (Wildman–Crippen MR) is 86.8 cm³/mol. The molecule has 2 aromatic carbocycles. The SMILES string of the molecule is CCOc1ccc(S(=O)(=O)NNC(=O)c2cccc(C(F)(F)F)c2)cc1. The molecule has 2 N–H and O–H groups in total. The summed E-state index contributed by atoms with van der Waals surface area (Å²) in [5.74, 6) is -0.551. The lowest BCUT2D eigenvalue weighted by molar-refractivity contribution is -0.137. The highest BCUT2D eigenvalue weighted by molar-refractivity contribution is 7.89. The Kier molecular flexibility index (Phi) is 5.88. The molecule has 0 aliphatic rings. The Bertz CT molecular complexity index is 881. The first-order chi connectivity index (χ1) is 12.1. The van der Waals surface area contributed by atoms with Crippen LogP contribution in [0, 0.1) is 0 Å². The summed E-state index contributed by atoms with van der Waals surface area (Å²) in [5, 5.41) is 0. The van der Waals surface area contributed by atoms with Crippen molar-refractivity contribution in [3.8, 4) is 5.75 Å². The molecule has 0 heterocycles. The zero-order valence-electron chi connectivity index (χ0n) is 13.5. The number of hydrazine groups is 1. The normalized spacial score (nSPS) is 11.8. The van der Waals surface area contributed by atoms with Crippen LogP contribution in [0.2, 0.25) is 0 Å². The molecule has 0 saturated heterocycles. The van der Waals surface area contributed by atoms with Crippen molar-refractivity contribution in [3.63, 3.8) is 0 Å². The van der Waals surface area contributed by atoms with Gasteiger partial charge < -0.3 is 4.74 Å². The number of rotatable bonds is 6. The molecule has 0 fully saturated rings. The van der Waals surface area contributed by atoms with Crippen LogP contribution in [0.4, 0.5) is 13.2 Å². The average Bonchev–Trinajstić information content (AvgIpc) is 2.60. The van der Waals surface area contributed by atoms with Crippen molar-refractivity contribution in [2.24, 2.45) is 0 Å². The molecule has 0 unspecified atom stereocenters. The standard InChI is InChI=1S/C16H15F3N2O4S/c1-2-25-13-6-8-14(9-7-13)26(23,24)21-20-15(22)11-4-3-5-12(10-11)16(17,18)19/h3-10,21H,2H2,1H3,(H,20,22). The number of carbonyl (C=O) groups is 1. The fourth-order valence-electron chi connectivity index (χ4n) is 1.96. The van der Waals surface area contributed by atoms with Crippen molar-refractivity contribution >= 4 is 15.9 Å². The van der Waals surface area contributed by atoms with Gasteiger partial charge in [0.05, 0.1) is 17.1 Å². The summed E-state index contributed by atoms with van der Waals surface area (Å²) in [4.78, 5) is 13.6. The van der Waals surface area contributed by atoms with E-state index in [0.717, 1.165) is 18.2 Å². The van der Waals surface area contributed by atoms with Gasteiger partial charge in [-0.1, -0.05) is 6.07 Å². The molecule has 140 valence electrons. The van der Waals surface area contributed by atoms with E-state index in [-0.39, 0.29) is 10.5 Å². The van der Waals surface area contributed by atoms with Crippen LogP contribution in [0.1, 0.15) is 22.8 Å². The summed E-state index contributed by atoms with van der Waals surface area (Å²) in [5.41, 5.74) is 0.528. The third-order valence-electron chi connectivity index (χ3n) is 3.20.